The second-order valence-corrected chi connectivity index (χ2v) is 9.19. The van der Waals surface area contributed by atoms with E-state index in [-0.39, 0.29) is 16.9 Å². The lowest BCUT2D eigenvalue weighted by atomic mass is 10.1. The van der Waals surface area contributed by atoms with Gasteiger partial charge in [-0.15, -0.1) is 0 Å². The Labute approximate surface area is 180 Å². The fourth-order valence-electron chi connectivity index (χ4n) is 3.04. The predicted molar refractivity (Wildman–Crippen MR) is 112 cm³/mol. The third-order valence-corrected chi connectivity index (χ3v) is 6.01. The molecule has 11 heteroatoms. The number of likely N-dealkylation sites (tertiary alicyclic amines) is 1. The van der Waals surface area contributed by atoms with Gasteiger partial charge in [0.15, 0.2) is 9.84 Å². The number of nitrogens with one attached hydrogen (secondary N) is 1. The maximum absolute atomic E-state index is 11.6. The topological polar surface area (TPSA) is 131 Å². The van der Waals surface area contributed by atoms with Crippen LogP contribution in [0.1, 0.15) is 24.0 Å². The molecule has 0 unspecified atom stereocenters. The van der Waals surface area contributed by atoms with Crippen LogP contribution in [0.2, 0.25) is 0 Å². The molecule has 31 heavy (non-hydrogen) atoms. The number of sulfone groups is 1. The van der Waals surface area contributed by atoms with Gasteiger partial charge in [-0.05, 0) is 19.1 Å². The van der Waals surface area contributed by atoms with Crippen LogP contribution < -0.4 is 15.1 Å². The number of hydrogen-bond acceptors (Lipinski definition) is 8. The van der Waals surface area contributed by atoms with Gasteiger partial charge in [0.05, 0.1) is 16.2 Å². The number of piperidine rings is 1. The van der Waals surface area contributed by atoms with Gasteiger partial charge in [0.1, 0.15) is 12.4 Å². The van der Waals surface area contributed by atoms with Gasteiger partial charge in [-0.25, -0.2) is 23.7 Å². The van der Waals surface area contributed by atoms with Crippen LogP contribution in [0.5, 0.6) is 11.8 Å². The fourth-order valence-corrected chi connectivity index (χ4v) is 3.67. The molecule has 1 aromatic carbocycles. The summed E-state index contributed by atoms with van der Waals surface area (Å²) in [4.78, 5) is 26.4. The van der Waals surface area contributed by atoms with E-state index in [4.69, 9.17) is 14.7 Å². The lowest BCUT2D eigenvalue weighted by Gasteiger charge is -2.30. The van der Waals surface area contributed by atoms with Crippen molar-refractivity contribution in [3.8, 4) is 11.8 Å². The Morgan fingerprint density at radius 1 is 1.19 bits per heavy atom. The molecule has 1 aliphatic rings. The first-order chi connectivity index (χ1) is 14.6. The van der Waals surface area contributed by atoms with Crippen molar-refractivity contribution in [1.29, 1.82) is 0 Å². The first-order valence-electron chi connectivity index (χ1n) is 9.53. The Kier molecular flexibility index (Phi) is 6.64. The van der Waals surface area contributed by atoms with Crippen LogP contribution in [0.15, 0.2) is 42.1 Å². The van der Waals surface area contributed by atoms with E-state index < -0.39 is 15.9 Å². The maximum atomic E-state index is 11.6. The molecule has 1 aliphatic heterocycles. The van der Waals surface area contributed by atoms with Crippen LogP contribution >= 0.6 is 0 Å². The maximum Gasteiger partial charge on any atom is 0.407 e. The van der Waals surface area contributed by atoms with Crippen molar-refractivity contribution in [3.05, 3.63) is 48.3 Å². The molecule has 0 bridgehead atoms. The molecular formula is C20H24N4O6S. The smallest absolute Gasteiger partial charge is 0.407 e. The number of carbonyl (C=O) groups is 1. The summed E-state index contributed by atoms with van der Waals surface area (Å²) in [7, 11) is -3.27. The van der Waals surface area contributed by atoms with Gasteiger partial charge in [-0.3, -0.25) is 0 Å². The number of benzene rings is 1. The Hall–Kier alpha value is -3.34. The monoisotopic (exact) mass is 448 g/mol. The number of rotatable bonds is 7. The molecule has 1 amide bonds. The number of aromatic nitrogens is 2. The second kappa shape index (κ2) is 9.21. The summed E-state index contributed by atoms with van der Waals surface area (Å²) in [6.45, 7) is 6.46. The van der Waals surface area contributed by atoms with Crippen molar-refractivity contribution < 1.29 is 27.9 Å². The van der Waals surface area contributed by atoms with E-state index >= 15 is 0 Å². The minimum Gasteiger partial charge on any atom is -0.474 e. The highest BCUT2D eigenvalue weighted by Crippen LogP contribution is 2.26. The molecule has 2 heterocycles. The molecule has 2 aromatic rings. The number of carboxylic acid groups (broad SMARTS) is 1. The lowest BCUT2D eigenvalue weighted by Crippen LogP contribution is -2.41. The Bertz CT molecular complexity index is 1060. The third-order valence-electron chi connectivity index (χ3n) is 4.88. The van der Waals surface area contributed by atoms with Crippen LogP contribution in [0.3, 0.4) is 0 Å². The zero-order valence-electron chi connectivity index (χ0n) is 17.2. The third kappa shape index (κ3) is 5.63. The van der Waals surface area contributed by atoms with Gasteiger partial charge in [-0.1, -0.05) is 18.7 Å². The summed E-state index contributed by atoms with van der Waals surface area (Å²) in [5, 5.41) is 9.04. The first kappa shape index (κ1) is 22.3. The molecule has 0 radical (unpaired) electrons. The largest absolute Gasteiger partial charge is 0.474 e. The zero-order chi connectivity index (χ0) is 22.6. The molecule has 0 aliphatic carbocycles. The van der Waals surface area contributed by atoms with Crippen LogP contribution in [-0.4, -0.2) is 59.9 Å². The van der Waals surface area contributed by atoms with E-state index in [0.29, 0.717) is 48.6 Å². The summed E-state index contributed by atoms with van der Waals surface area (Å²) in [6, 6.07) is 6.24. The SMILES string of the molecule is C=C(NOc1ncnc(OC2CCN(C(=O)O)CC2)c1C)c1ccc(S(C)(=O)=O)cc1. The fraction of sp³-hybridized carbons (Fsp3) is 0.350. The van der Waals surface area contributed by atoms with Crippen LogP contribution in [-0.2, 0) is 9.84 Å². The minimum absolute atomic E-state index is 0.145. The highest BCUT2D eigenvalue weighted by atomic mass is 32.2. The van der Waals surface area contributed by atoms with Crippen molar-refractivity contribution in [2.45, 2.75) is 30.8 Å². The number of ether oxygens (including phenoxy) is 1. The Balaban J connectivity index is 1.60. The van der Waals surface area contributed by atoms with Gasteiger partial charge in [0.2, 0.25) is 5.88 Å². The average molecular weight is 449 g/mol. The van der Waals surface area contributed by atoms with Gasteiger partial charge >= 0.3 is 6.09 Å². The molecule has 0 saturated carbocycles. The molecule has 166 valence electrons. The van der Waals surface area contributed by atoms with E-state index in [1.54, 1.807) is 19.1 Å². The second-order valence-electron chi connectivity index (χ2n) is 7.18. The van der Waals surface area contributed by atoms with E-state index in [1.165, 1.54) is 23.4 Å². The van der Waals surface area contributed by atoms with Crippen LogP contribution in [0, 0.1) is 6.92 Å². The average Bonchev–Trinajstić information content (AvgIpc) is 2.74. The van der Waals surface area contributed by atoms with Crippen molar-refractivity contribution in [2.24, 2.45) is 0 Å². The van der Waals surface area contributed by atoms with Gasteiger partial charge in [0.25, 0.3) is 5.88 Å². The molecule has 0 atom stereocenters. The standard InChI is InChI=1S/C20H24N4O6S/c1-13-18(29-16-8-10-24(11-9-16)20(25)26)21-12-22-19(13)30-23-14(2)15-4-6-17(7-5-15)31(3,27)28/h4-7,12,16,23H,2,8-11H2,1,3H3,(H,25,26). The van der Waals surface area contributed by atoms with Crippen molar-refractivity contribution >= 4 is 21.6 Å². The number of hydrogen-bond donors (Lipinski definition) is 2. The molecule has 0 spiro atoms. The number of nitrogens with zero attached hydrogens (tertiary/aromatic N) is 3. The zero-order valence-corrected chi connectivity index (χ0v) is 18.1. The van der Waals surface area contributed by atoms with Crippen LogP contribution in [0.4, 0.5) is 4.79 Å². The number of amides is 1. The molecule has 1 aromatic heterocycles. The van der Waals surface area contributed by atoms with E-state index in [9.17, 15) is 13.2 Å². The Morgan fingerprint density at radius 2 is 1.81 bits per heavy atom. The van der Waals surface area contributed by atoms with E-state index in [0.717, 1.165) is 6.26 Å². The summed E-state index contributed by atoms with van der Waals surface area (Å²) in [6.07, 6.45) is 2.54. The molecule has 3 rings (SSSR count). The van der Waals surface area contributed by atoms with Gasteiger partial charge in [-0.2, -0.15) is 4.98 Å². The van der Waals surface area contributed by atoms with Crippen molar-refractivity contribution in [3.63, 3.8) is 0 Å². The summed E-state index contributed by atoms with van der Waals surface area (Å²) < 4.78 is 29.1. The molecule has 2 N–H and O–H groups in total. The molecular weight excluding hydrogens is 424 g/mol. The van der Waals surface area contributed by atoms with E-state index in [2.05, 4.69) is 22.0 Å². The van der Waals surface area contributed by atoms with E-state index in [1.807, 2.05) is 0 Å². The highest BCUT2D eigenvalue weighted by molar-refractivity contribution is 7.90. The Morgan fingerprint density at radius 3 is 2.39 bits per heavy atom. The normalized spacial score (nSPS) is 14.7. The first-order valence-corrected chi connectivity index (χ1v) is 11.4. The summed E-state index contributed by atoms with van der Waals surface area (Å²) in [5.74, 6) is 0.616. The quantitative estimate of drug-likeness (QED) is 0.612. The summed E-state index contributed by atoms with van der Waals surface area (Å²) in [5.41, 5.74) is 4.35. The lowest BCUT2D eigenvalue weighted by molar-refractivity contribution is 0.0861. The number of hydroxylamine groups is 1. The summed E-state index contributed by atoms with van der Waals surface area (Å²) >= 11 is 0. The van der Waals surface area contributed by atoms with Gasteiger partial charge in [0, 0.05) is 37.8 Å². The minimum atomic E-state index is -3.27. The van der Waals surface area contributed by atoms with Crippen molar-refractivity contribution in [1.82, 2.24) is 20.3 Å². The molecule has 1 saturated heterocycles. The van der Waals surface area contributed by atoms with Crippen molar-refractivity contribution in [2.75, 3.05) is 19.3 Å². The molecule has 1 fully saturated rings. The highest BCUT2D eigenvalue weighted by Gasteiger charge is 2.24. The molecule has 10 nitrogen and oxygen atoms in total. The predicted octanol–water partition coefficient (Wildman–Crippen LogP) is 2.26. The van der Waals surface area contributed by atoms with Gasteiger partial charge < -0.3 is 19.6 Å². The van der Waals surface area contributed by atoms with Crippen LogP contribution in [0.25, 0.3) is 5.70 Å².